The van der Waals surface area contributed by atoms with Crippen LogP contribution in [0.3, 0.4) is 0 Å². The van der Waals surface area contributed by atoms with Gasteiger partial charge in [0.15, 0.2) is 0 Å². The third-order valence-corrected chi connectivity index (χ3v) is 4.63. The summed E-state index contributed by atoms with van der Waals surface area (Å²) in [6, 6.07) is 7.59. The second-order valence-corrected chi connectivity index (χ2v) is 5.69. The molecule has 1 heterocycles. The van der Waals surface area contributed by atoms with Crippen LogP contribution in [-0.4, -0.2) is 23.9 Å². The zero-order valence-electron chi connectivity index (χ0n) is 12.4. The molecule has 0 bridgehead atoms. The van der Waals surface area contributed by atoms with Crippen LogP contribution in [0, 0.1) is 5.41 Å². The van der Waals surface area contributed by atoms with Crippen molar-refractivity contribution in [2.45, 2.75) is 39.5 Å². The van der Waals surface area contributed by atoms with E-state index < -0.39 is 0 Å². The van der Waals surface area contributed by atoms with Crippen LogP contribution in [0.25, 0.3) is 0 Å². The molecular formula is C16H25ClN2O. The van der Waals surface area contributed by atoms with Crippen LogP contribution in [0.2, 0.25) is 0 Å². The van der Waals surface area contributed by atoms with Gasteiger partial charge in [0.2, 0.25) is 5.91 Å². The molecule has 1 amide bonds. The molecule has 0 saturated carbocycles. The van der Waals surface area contributed by atoms with Gasteiger partial charge in [0.1, 0.15) is 0 Å². The predicted molar refractivity (Wildman–Crippen MR) is 86.0 cm³/mol. The molecule has 0 aliphatic carbocycles. The predicted octanol–water partition coefficient (Wildman–Crippen LogP) is 3.27. The first-order valence-electron chi connectivity index (χ1n) is 7.21. The first-order valence-corrected chi connectivity index (χ1v) is 7.21. The summed E-state index contributed by atoms with van der Waals surface area (Å²) in [4.78, 5) is 14.3. The number of halogens is 1. The van der Waals surface area contributed by atoms with Crippen molar-refractivity contribution in [1.82, 2.24) is 4.90 Å². The van der Waals surface area contributed by atoms with Crippen molar-refractivity contribution in [3.05, 3.63) is 29.8 Å². The number of benzene rings is 1. The summed E-state index contributed by atoms with van der Waals surface area (Å²) in [5.41, 5.74) is 7.80. The Hall–Kier alpha value is -1.22. The molecule has 1 fully saturated rings. The Kier molecular flexibility index (Phi) is 5.88. The molecule has 20 heavy (non-hydrogen) atoms. The Morgan fingerprint density at radius 2 is 1.85 bits per heavy atom. The number of hydrogen-bond acceptors (Lipinski definition) is 2. The number of nitrogens with two attached hydrogens (primary N) is 1. The van der Waals surface area contributed by atoms with Gasteiger partial charge >= 0.3 is 0 Å². The van der Waals surface area contributed by atoms with E-state index in [1.165, 1.54) is 0 Å². The lowest BCUT2D eigenvalue weighted by Gasteiger charge is -2.26. The number of amides is 1. The van der Waals surface area contributed by atoms with E-state index in [0.717, 1.165) is 43.6 Å². The molecule has 1 aliphatic heterocycles. The highest BCUT2D eigenvalue weighted by Crippen LogP contribution is 2.37. The summed E-state index contributed by atoms with van der Waals surface area (Å²) in [5, 5.41) is 0. The summed E-state index contributed by atoms with van der Waals surface area (Å²) in [5.74, 6) is 0.244. The largest absolute Gasteiger partial charge is 0.399 e. The van der Waals surface area contributed by atoms with Crippen LogP contribution in [-0.2, 0) is 11.2 Å². The van der Waals surface area contributed by atoms with Gasteiger partial charge in [-0.2, -0.15) is 0 Å². The standard InChI is InChI=1S/C16H24N2O.ClH/c1-3-16(4-2)9-10-18(12-16)15(19)11-13-5-7-14(17)8-6-13;/h5-8H,3-4,9-12,17H2,1-2H3;1H. The van der Waals surface area contributed by atoms with Crippen LogP contribution >= 0.6 is 12.4 Å². The highest BCUT2D eigenvalue weighted by molar-refractivity contribution is 5.85. The average molecular weight is 297 g/mol. The monoisotopic (exact) mass is 296 g/mol. The Bertz CT molecular complexity index is 440. The van der Waals surface area contributed by atoms with E-state index in [9.17, 15) is 4.79 Å². The minimum atomic E-state index is 0. The average Bonchev–Trinajstić information content (AvgIpc) is 2.87. The maximum Gasteiger partial charge on any atom is 0.227 e. The number of carbonyl (C=O) groups excluding carboxylic acids is 1. The summed E-state index contributed by atoms with van der Waals surface area (Å²) < 4.78 is 0. The molecule has 1 saturated heterocycles. The van der Waals surface area contributed by atoms with Crippen molar-refractivity contribution in [1.29, 1.82) is 0 Å². The van der Waals surface area contributed by atoms with Crippen LogP contribution in [0.5, 0.6) is 0 Å². The molecule has 0 unspecified atom stereocenters. The Labute approximate surface area is 127 Å². The Morgan fingerprint density at radius 1 is 1.25 bits per heavy atom. The van der Waals surface area contributed by atoms with E-state index in [2.05, 4.69) is 13.8 Å². The van der Waals surface area contributed by atoms with Crippen molar-refractivity contribution in [2.75, 3.05) is 18.8 Å². The molecule has 2 N–H and O–H groups in total. The Morgan fingerprint density at radius 3 is 2.35 bits per heavy atom. The van der Waals surface area contributed by atoms with Crippen molar-refractivity contribution in [3.63, 3.8) is 0 Å². The van der Waals surface area contributed by atoms with E-state index in [-0.39, 0.29) is 18.3 Å². The maximum atomic E-state index is 12.3. The van der Waals surface area contributed by atoms with Gasteiger partial charge in [-0.1, -0.05) is 26.0 Å². The topological polar surface area (TPSA) is 46.3 Å². The van der Waals surface area contributed by atoms with E-state index in [0.29, 0.717) is 11.8 Å². The lowest BCUT2D eigenvalue weighted by Crippen LogP contribution is -2.32. The molecule has 0 atom stereocenters. The molecule has 2 rings (SSSR count). The zero-order chi connectivity index (χ0) is 13.9. The quantitative estimate of drug-likeness (QED) is 0.867. The molecule has 112 valence electrons. The molecule has 0 aromatic heterocycles. The minimum absolute atomic E-state index is 0. The van der Waals surface area contributed by atoms with Gasteiger partial charge in [-0.05, 0) is 42.4 Å². The highest BCUT2D eigenvalue weighted by atomic mass is 35.5. The van der Waals surface area contributed by atoms with Crippen molar-refractivity contribution < 1.29 is 4.79 Å². The number of hydrogen-bond donors (Lipinski definition) is 1. The fourth-order valence-corrected chi connectivity index (χ4v) is 2.90. The number of anilines is 1. The minimum Gasteiger partial charge on any atom is -0.399 e. The zero-order valence-corrected chi connectivity index (χ0v) is 13.2. The molecule has 1 aromatic rings. The van der Waals surface area contributed by atoms with E-state index in [4.69, 9.17) is 5.73 Å². The van der Waals surface area contributed by atoms with Crippen LogP contribution in [0.15, 0.2) is 24.3 Å². The molecule has 3 nitrogen and oxygen atoms in total. The van der Waals surface area contributed by atoms with Gasteiger partial charge in [-0.15, -0.1) is 12.4 Å². The van der Waals surface area contributed by atoms with Gasteiger partial charge in [0, 0.05) is 18.8 Å². The van der Waals surface area contributed by atoms with E-state index >= 15 is 0 Å². The summed E-state index contributed by atoms with van der Waals surface area (Å²) in [6.45, 7) is 6.30. The molecule has 0 spiro atoms. The van der Waals surface area contributed by atoms with E-state index in [1.54, 1.807) is 0 Å². The molecule has 4 heteroatoms. The lowest BCUT2D eigenvalue weighted by atomic mass is 9.82. The van der Waals surface area contributed by atoms with Crippen molar-refractivity contribution in [2.24, 2.45) is 5.41 Å². The van der Waals surface area contributed by atoms with Crippen LogP contribution in [0.1, 0.15) is 38.7 Å². The number of likely N-dealkylation sites (tertiary alicyclic amines) is 1. The Balaban J connectivity index is 0.00000200. The molecular weight excluding hydrogens is 272 g/mol. The number of nitrogen functional groups attached to an aromatic ring is 1. The van der Waals surface area contributed by atoms with Crippen molar-refractivity contribution >= 4 is 24.0 Å². The van der Waals surface area contributed by atoms with Crippen LogP contribution in [0.4, 0.5) is 5.69 Å². The number of rotatable bonds is 4. The van der Waals surface area contributed by atoms with Gasteiger partial charge in [-0.3, -0.25) is 4.79 Å². The van der Waals surface area contributed by atoms with Crippen LogP contribution < -0.4 is 5.73 Å². The van der Waals surface area contributed by atoms with Gasteiger partial charge in [0.05, 0.1) is 6.42 Å². The molecule has 1 aliphatic rings. The lowest BCUT2D eigenvalue weighted by molar-refractivity contribution is -0.129. The first kappa shape index (κ1) is 16.8. The summed E-state index contributed by atoms with van der Waals surface area (Å²) in [7, 11) is 0. The van der Waals surface area contributed by atoms with Gasteiger partial charge in [-0.25, -0.2) is 0 Å². The third kappa shape index (κ3) is 3.66. The molecule has 0 radical (unpaired) electrons. The van der Waals surface area contributed by atoms with E-state index in [1.807, 2.05) is 29.2 Å². The second kappa shape index (κ2) is 6.98. The fraction of sp³-hybridized carbons (Fsp3) is 0.562. The fourth-order valence-electron chi connectivity index (χ4n) is 2.90. The maximum absolute atomic E-state index is 12.3. The second-order valence-electron chi connectivity index (χ2n) is 5.69. The highest BCUT2D eigenvalue weighted by Gasteiger charge is 2.36. The molecule has 1 aromatic carbocycles. The third-order valence-electron chi connectivity index (χ3n) is 4.63. The van der Waals surface area contributed by atoms with Crippen molar-refractivity contribution in [3.8, 4) is 0 Å². The number of nitrogens with zero attached hydrogens (tertiary/aromatic N) is 1. The first-order chi connectivity index (χ1) is 9.08. The number of carbonyl (C=O) groups is 1. The SMILES string of the molecule is CCC1(CC)CCN(C(=O)Cc2ccc(N)cc2)C1.Cl. The van der Waals surface area contributed by atoms with Gasteiger partial charge in [0.25, 0.3) is 0 Å². The van der Waals surface area contributed by atoms with Gasteiger partial charge < -0.3 is 10.6 Å². The normalized spacial score (nSPS) is 16.8. The summed E-state index contributed by atoms with van der Waals surface area (Å²) >= 11 is 0. The smallest absolute Gasteiger partial charge is 0.227 e. The summed E-state index contributed by atoms with van der Waals surface area (Å²) in [6.07, 6.45) is 3.96.